The van der Waals surface area contributed by atoms with Crippen LogP contribution in [0.15, 0.2) is 22.7 Å². The van der Waals surface area contributed by atoms with Gasteiger partial charge in [0.25, 0.3) is 0 Å². The number of rotatable bonds is 4. The Morgan fingerprint density at radius 2 is 2.17 bits per heavy atom. The molecule has 1 aliphatic rings. The summed E-state index contributed by atoms with van der Waals surface area (Å²) < 4.78 is 14.2. The molecule has 2 nitrogen and oxygen atoms in total. The highest BCUT2D eigenvalue weighted by Gasteiger charge is 2.17. The molecule has 0 heterocycles. The second-order valence-electron chi connectivity index (χ2n) is 4.39. The Morgan fingerprint density at radius 3 is 2.83 bits per heavy atom. The zero-order valence-corrected chi connectivity index (χ0v) is 12.3. The maximum Gasteiger partial charge on any atom is 0.234 e. The highest BCUT2D eigenvalue weighted by Crippen LogP contribution is 2.29. The number of thioether (sulfide) groups is 1. The minimum atomic E-state index is -0.413. The standard InChI is InChI=1S/C13H15BrFNOS/c14-9-5-6-12(11(15)7-9)16-13(17)8-18-10-3-1-2-4-10/h5-7,10H,1-4,8H2,(H,16,17). The maximum atomic E-state index is 13.5. The van der Waals surface area contributed by atoms with Crippen LogP contribution < -0.4 is 5.32 Å². The molecule has 1 amide bonds. The number of hydrogen-bond acceptors (Lipinski definition) is 2. The summed E-state index contributed by atoms with van der Waals surface area (Å²) in [5.41, 5.74) is 0.246. The summed E-state index contributed by atoms with van der Waals surface area (Å²) >= 11 is 4.86. The van der Waals surface area contributed by atoms with Gasteiger partial charge in [-0.15, -0.1) is 11.8 Å². The third kappa shape index (κ3) is 3.99. The Hall–Kier alpha value is -0.550. The molecular formula is C13H15BrFNOS. The molecule has 0 unspecified atom stereocenters. The molecule has 0 atom stereocenters. The lowest BCUT2D eigenvalue weighted by atomic mass is 10.3. The molecular weight excluding hydrogens is 317 g/mol. The normalized spacial score (nSPS) is 15.9. The molecule has 1 fully saturated rings. The van der Waals surface area contributed by atoms with Crippen molar-refractivity contribution in [2.45, 2.75) is 30.9 Å². The van der Waals surface area contributed by atoms with Crippen molar-refractivity contribution in [1.82, 2.24) is 0 Å². The Bertz CT molecular complexity index is 435. The van der Waals surface area contributed by atoms with Crippen LogP contribution in [-0.2, 0) is 4.79 Å². The Labute approximate surface area is 119 Å². The third-order valence-electron chi connectivity index (χ3n) is 2.96. The number of hydrogen-bond donors (Lipinski definition) is 1. The SMILES string of the molecule is O=C(CSC1CCCC1)Nc1ccc(Br)cc1F. The molecule has 0 bridgehead atoms. The first kappa shape index (κ1) is 13.9. The van der Waals surface area contributed by atoms with E-state index in [1.165, 1.54) is 31.7 Å². The van der Waals surface area contributed by atoms with Gasteiger partial charge in [0, 0.05) is 9.72 Å². The molecule has 0 aromatic heterocycles. The molecule has 18 heavy (non-hydrogen) atoms. The van der Waals surface area contributed by atoms with E-state index in [9.17, 15) is 9.18 Å². The van der Waals surface area contributed by atoms with Crippen LogP contribution in [0.5, 0.6) is 0 Å². The molecule has 98 valence electrons. The van der Waals surface area contributed by atoms with Crippen LogP contribution >= 0.6 is 27.7 Å². The molecule has 2 rings (SSSR count). The third-order valence-corrected chi connectivity index (χ3v) is 4.82. The number of carbonyl (C=O) groups excluding carboxylic acids is 1. The molecule has 1 aromatic rings. The van der Waals surface area contributed by atoms with Crippen LogP contribution in [0, 0.1) is 5.82 Å². The Balaban J connectivity index is 1.82. The molecule has 1 aliphatic carbocycles. The summed E-state index contributed by atoms with van der Waals surface area (Å²) in [5, 5.41) is 3.21. The molecule has 0 saturated heterocycles. The average molecular weight is 332 g/mol. The minimum Gasteiger partial charge on any atom is -0.323 e. The van der Waals surface area contributed by atoms with Gasteiger partial charge in [0.05, 0.1) is 11.4 Å². The zero-order chi connectivity index (χ0) is 13.0. The fourth-order valence-electron chi connectivity index (χ4n) is 2.03. The van der Waals surface area contributed by atoms with Gasteiger partial charge in [-0.25, -0.2) is 4.39 Å². The van der Waals surface area contributed by atoms with Crippen molar-refractivity contribution in [2.75, 3.05) is 11.1 Å². The van der Waals surface area contributed by atoms with Crippen LogP contribution in [-0.4, -0.2) is 16.9 Å². The fraction of sp³-hybridized carbons (Fsp3) is 0.462. The van der Waals surface area contributed by atoms with E-state index in [-0.39, 0.29) is 11.6 Å². The molecule has 1 N–H and O–H groups in total. The number of halogens is 2. The predicted molar refractivity (Wildman–Crippen MR) is 77.4 cm³/mol. The van der Waals surface area contributed by atoms with Crippen molar-refractivity contribution >= 4 is 39.3 Å². The summed E-state index contributed by atoms with van der Waals surface area (Å²) in [6, 6.07) is 4.63. The number of anilines is 1. The molecule has 0 aliphatic heterocycles. The highest BCUT2D eigenvalue weighted by atomic mass is 79.9. The van der Waals surface area contributed by atoms with E-state index >= 15 is 0 Å². The van der Waals surface area contributed by atoms with Gasteiger partial charge in [0.2, 0.25) is 5.91 Å². The minimum absolute atomic E-state index is 0.131. The van der Waals surface area contributed by atoms with E-state index in [2.05, 4.69) is 21.2 Å². The van der Waals surface area contributed by atoms with E-state index in [1.807, 2.05) is 0 Å². The van der Waals surface area contributed by atoms with E-state index in [0.29, 0.717) is 15.5 Å². The zero-order valence-electron chi connectivity index (χ0n) is 9.92. The summed E-state index contributed by atoms with van der Waals surface area (Å²) in [6.07, 6.45) is 4.93. The fourth-order valence-corrected chi connectivity index (χ4v) is 3.48. The summed E-state index contributed by atoms with van der Waals surface area (Å²) in [6.45, 7) is 0. The largest absolute Gasteiger partial charge is 0.323 e. The van der Waals surface area contributed by atoms with Gasteiger partial charge in [-0.2, -0.15) is 0 Å². The Morgan fingerprint density at radius 1 is 1.44 bits per heavy atom. The van der Waals surface area contributed by atoms with Crippen LogP contribution in [0.1, 0.15) is 25.7 Å². The second kappa shape index (κ2) is 6.57. The summed E-state index contributed by atoms with van der Waals surface area (Å²) in [7, 11) is 0. The average Bonchev–Trinajstić information content (AvgIpc) is 2.83. The van der Waals surface area contributed by atoms with E-state index in [4.69, 9.17) is 0 Å². The summed E-state index contributed by atoms with van der Waals surface area (Å²) in [4.78, 5) is 11.7. The van der Waals surface area contributed by atoms with E-state index in [1.54, 1.807) is 23.9 Å². The number of benzene rings is 1. The smallest absolute Gasteiger partial charge is 0.234 e. The van der Waals surface area contributed by atoms with Crippen molar-refractivity contribution in [3.63, 3.8) is 0 Å². The van der Waals surface area contributed by atoms with Crippen LogP contribution in [0.2, 0.25) is 0 Å². The molecule has 0 radical (unpaired) electrons. The number of amides is 1. The monoisotopic (exact) mass is 331 g/mol. The first-order valence-corrected chi connectivity index (χ1v) is 7.86. The maximum absolute atomic E-state index is 13.5. The van der Waals surface area contributed by atoms with Gasteiger partial charge in [0.1, 0.15) is 5.82 Å². The first-order valence-electron chi connectivity index (χ1n) is 6.01. The van der Waals surface area contributed by atoms with Crippen LogP contribution in [0.25, 0.3) is 0 Å². The van der Waals surface area contributed by atoms with Gasteiger partial charge in [0.15, 0.2) is 0 Å². The molecule has 5 heteroatoms. The lowest BCUT2D eigenvalue weighted by Gasteiger charge is -2.09. The molecule has 1 saturated carbocycles. The van der Waals surface area contributed by atoms with Crippen molar-refractivity contribution in [1.29, 1.82) is 0 Å². The van der Waals surface area contributed by atoms with Gasteiger partial charge < -0.3 is 5.32 Å². The molecule has 1 aromatic carbocycles. The lowest BCUT2D eigenvalue weighted by molar-refractivity contribution is -0.113. The topological polar surface area (TPSA) is 29.1 Å². The summed E-state index contributed by atoms with van der Waals surface area (Å²) in [5.74, 6) is -0.142. The number of nitrogens with one attached hydrogen (secondary N) is 1. The van der Waals surface area contributed by atoms with Gasteiger partial charge in [-0.05, 0) is 31.0 Å². The molecule has 0 spiro atoms. The lowest BCUT2D eigenvalue weighted by Crippen LogP contribution is -2.16. The van der Waals surface area contributed by atoms with Crippen molar-refractivity contribution in [3.8, 4) is 0 Å². The van der Waals surface area contributed by atoms with Crippen molar-refractivity contribution in [2.24, 2.45) is 0 Å². The first-order chi connectivity index (χ1) is 8.65. The van der Waals surface area contributed by atoms with Crippen LogP contribution in [0.3, 0.4) is 0 Å². The van der Waals surface area contributed by atoms with Gasteiger partial charge >= 0.3 is 0 Å². The second-order valence-corrected chi connectivity index (χ2v) is 6.59. The quantitative estimate of drug-likeness (QED) is 0.895. The van der Waals surface area contributed by atoms with E-state index in [0.717, 1.165) is 0 Å². The van der Waals surface area contributed by atoms with Crippen LogP contribution in [0.4, 0.5) is 10.1 Å². The number of carbonyl (C=O) groups is 1. The highest BCUT2D eigenvalue weighted by molar-refractivity contribution is 9.10. The predicted octanol–water partition coefficient (Wildman–Crippen LogP) is 4.20. The van der Waals surface area contributed by atoms with E-state index < -0.39 is 5.82 Å². The van der Waals surface area contributed by atoms with Crippen molar-refractivity contribution < 1.29 is 9.18 Å². The van der Waals surface area contributed by atoms with Gasteiger partial charge in [-0.3, -0.25) is 4.79 Å². The van der Waals surface area contributed by atoms with Gasteiger partial charge in [-0.1, -0.05) is 28.8 Å². The van der Waals surface area contributed by atoms with Crippen molar-refractivity contribution in [3.05, 3.63) is 28.5 Å². The Kier molecular flexibility index (Phi) is 5.06.